The third kappa shape index (κ3) is 0.846. The summed E-state index contributed by atoms with van der Waals surface area (Å²) in [5.41, 5.74) is 0. The van der Waals surface area contributed by atoms with Gasteiger partial charge < -0.3 is 9.47 Å². The number of hydrogen-bond acceptors (Lipinski definition) is 3. The summed E-state index contributed by atoms with van der Waals surface area (Å²) in [6.07, 6.45) is 6.47. The van der Waals surface area contributed by atoms with E-state index in [1.54, 1.807) is 6.08 Å². The Balaban J connectivity index is 1.87. The van der Waals surface area contributed by atoms with E-state index >= 15 is 0 Å². The van der Waals surface area contributed by atoms with E-state index < -0.39 is 6.16 Å². The SMILES string of the molecule is C=C[C@@H]1OC(=O)O[C@H]2[C@@H]3CC=C[C@@H]3[C@H]21. The molecule has 0 amide bonds. The van der Waals surface area contributed by atoms with Crippen LogP contribution in [0.4, 0.5) is 4.79 Å². The summed E-state index contributed by atoms with van der Waals surface area (Å²) in [6.45, 7) is 3.69. The molecule has 3 nitrogen and oxygen atoms in total. The number of cyclic esters (lactones) is 1. The second-order valence-corrected chi connectivity index (χ2v) is 4.13. The number of allylic oxidation sites excluding steroid dienone is 2. The summed E-state index contributed by atoms with van der Waals surface area (Å²) in [4.78, 5) is 11.1. The molecule has 0 spiro atoms. The molecular formula is C11H12O3. The predicted octanol–water partition coefficient (Wildman–Crippen LogP) is 1.90. The predicted molar refractivity (Wildman–Crippen MR) is 49.6 cm³/mol. The third-order valence-electron chi connectivity index (χ3n) is 3.58. The van der Waals surface area contributed by atoms with Crippen LogP contribution in [0.5, 0.6) is 0 Å². The van der Waals surface area contributed by atoms with Crippen LogP contribution in [0.15, 0.2) is 24.8 Å². The molecule has 1 heterocycles. The number of hydrogen-bond donors (Lipinski definition) is 0. The van der Waals surface area contributed by atoms with E-state index in [-0.39, 0.29) is 12.2 Å². The minimum absolute atomic E-state index is 0.0549. The van der Waals surface area contributed by atoms with Gasteiger partial charge in [0.25, 0.3) is 0 Å². The molecule has 3 heteroatoms. The third-order valence-corrected chi connectivity index (χ3v) is 3.58. The molecule has 1 saturated heterocycles. The van der Waals surface area contributed by atoms with Crippen molar-refractivity contribution in [2.75, 3.05) is 0 Å². The summed E-state index contributed by atoms with van der Waals surface area (Å²) in [6, 6.07) is 0. The van der Waals surface area contributed by atoms with Crippen LogP contribution >= 0.6 is 0 Å². The lowest BCUT2D eigenvalue weighted by atomic mass is 9.61. The average Bonchev–Trinajstić information content (AvgIpc) is 2.58. The molecular weight excluding hydrogens is 180 g/mol. The first-order valence-corrected chi connectivity index (χ1v) is 4.98. The first-order chi connectivity index (χ1) is 6.81. The fraction of sp³-hybridized carbons (Fsp3) is 0.545. The largest absolute Gasteiger partial charge is 0.509 e. The monoisotopic (exact) mass is 192 g/mol. The molecule has 5 atom stereocenters. The van der Waals surface area contributed by atoms with Gasteiger partial charge in [0.05, 0.1) is 0 Å². The van der Waals surface area contributed by atoms with Crippen molar-refractivity contribution in [2.24, 2.45) is 17.8 Å². The number of ether oxygens (including phenoxy) is 2. The van der Waals surface area contributed by atoms with E-state index in [9.17, 15) is 4.79 Å². The number of carbonyl (C=O) groups is 1. The Morgan fingerprint density at radius 3 is 3.14 bits per heavy atom. The molecule has 0 aromatic rings. The number of fused-ring (bicyclic) bond motifs is 4. The normalized spacial score (nSPS) is 48.3. The van der Waals surface area contributed by atoms with Gasteiger partial charge in [-0.25, -0.2) is 4.79 Å². The molecule has 1 aliphatic heterocycles. The van der Waals surface area contributed by atoms with Gasteiger partial charge in [-0.2, -0.15) is 0 Å². The molecule has 0 aromatic heterocycles. The second-order valence-electron chi connectivity index (χ2n) is 4.13. The Hall–Kier alpha value is -1.25. The minimum Gasteiger partial charge on any atom is -0.430 e. The van der Waals surface area contributed by atoms with Crippen molar-refractivity contribution in [1.29, 1.82) is 0 Å². The number of rotatable bonds is 1. The Labute approximate surface area is 82.4 Å². The second kappa shape index (κ2) is 2.62. The Bertz CT molecular complexity index is 320. The molecule has 14 heavy (non-hydrogen) atoms. The smallest absolute Gasteiger partial charge is 0.430 e. The van der Waals surface area contributed by atoms with Gasteiger partial charge in [-0.15, -0.1) is 0 Å². The number of carbonyl (C=O) groups excluding carboxylic acids is 1. The van der Waals surface area contributed by atoms with Crippen LogP contribution in [0.2, 0.25) is 0 Å². The van der Waals surface area contributed by atoms with Gasteiger partial charge in [0, 0.05) is 11.8 Å². The highest BCUT2D eigenvalue weighted by Crippen LogP contribution is 2.53. The van der Waals surface area contributed by atoms with Gasteiger partial charge in [0.2, 0.25) is 0 Å². The fourth-order valence-electron chi connectivity index (χ4n) is 2.92. The average molecular weight is 192 g/mol. The van der Waals surface area contributed by atoms with Crippen molar-refractivity contribution in [1.82, 2.24) is 0 Å². The van der Waals surface area contributed by atoms with Crippen molar-refractivity contribution in [3.8, 4) is 0 Å². The van der Waals surface area contributed by atoms with Crippen LogP contribution in [-0.2, 0) is 9.47 Å². The molecule has 3 rings (SSSR count). The maximum atomic E-state index is 11.1. The van der Waals surface area contributed by atoms with Gasteiger partial charge in [-0.1, -0.05) is 24.8 Å². The first kappa shape index (κ1) is 8.09. The topological polar surface area (TPSA) is 35.5 Å². The Morgan fingerprint density at radius 2 is 2.36 bits per heavy atom. The van der Waals surface area contributed by atoms with Crippen LogP contribution in [0.3, 0.4) is 0 Å². The maximum absolute atomic E-state index is 11.1. The van der Waals surface area contributed by atoms with Crippen LogP contribution < -0.4 is 0 Å². The summed E-state index contributed by atoms with van der Waals surface area (Å²) < 4.78 is 10.2. The van der Waals surface area contributed by atoms with Gasteiger partial charge >= 0.3 is 6.16 Å². The van der Waals surface area contributed by atoms with E-state index in [1.165, 1.54) is 0 Å². The molecule has 0 N–H and O–H groups in total. The lowest BCUT2D eigenvalue weighted by Gasteiger charge is -2.52. The van der Waals surface area contributed by atoms with E-state index in [2.05, 4.69) is 18.7 Å². The zero-order valence-electron chi connectivity index (χ0n) is 7.76. The molecule has 0 aromatic carbocycles. The molecule has 0 bridgehead atoms. The molecule has 0 radical (unpaired) electrons. The van der Waals surface area contributed by atoms with Crippen LogP contribution in [-0.4, -0.2) is 18.4 Å². The lowest BCUT2D eigenvalue weighted by Crippen LogP contribution is -2.59. The van der Waals surface area contributed by atoms with Gasteiger partial charge in [0.15, 0.2) is 0 Å². The van der Waals surface area contributed by atoms with E-state index in [0.717, 1.165) is 6.42 Å². The van der Waals surface area contributed by atoms with Crippen molar-refractivity contribution < 1.29 is 14.3 Å². The van der Waals surface area contributed by atoms with Crippen molar-refractivity contribution in [3.05, 3.63) is 24.8 Å². The molecule has 2 fully saturated rings. The Morgan fingerprint density at radius 1 is 1.50 bits per heavy atom. The van der Waals surface area contributed by atoms with Crippen LogP contribution in [0.1, 0.15) is 6.42 Å². The molecule has 0 unspecified atom stereocenters. The molecule has 2 aliphatic carbocycles. The fourth-order valence-corrected chi connectivity index (χ4v) is 2.92. The Kier molecular flexibility index (Phi) is 1.52. The highest BCUT2D eigenvalue weighted by atomic mass is 16.7. The quantitative estimate of drug-likeness (QED) is 0.470. The zero-order chi connectivity index (χ0) is 9.71. The molecule has 3 aliphatic rings. The summed E-state index contributed by atoms with van der Waals surface area (Å²) >= 11 is 0. The van der Waals surface area contributed by atoms with Crippen molar-refractivity contribution in [3.63, 3.8) is 0 Å². The first-order valence-electron chi connectivity index (χ1n) is 4.98. The minimum atomic E-state index is -0.540. The lowest BCUT2D eigenvalue weighted by molar-refractivity contribution is -0.178. The summed E-state index contributed by atoms with van der Waals surface area (Å²) in [7, 11) is 0. The highest BCUT2D eigenvalue weighted by Gasteiger charge is 2.58. The van der Waals surface area contributed by atoms with Crippen LogP contribution in [0.25, 0.3) is 0 Å². The maximum Gasteiger partial charge on any atom is 0.509 e. The van der Waals surface area contributed by atoms with Gasteiger partial charge in [-0.05, 0) is 12.3 Å². The van der Waals surface area contributed by atoms with Crippen LogP contribution in [0, 0.1) is 17.8 Å². The van der Waals surface area contributed by atoms with E-state index in [1.807, 2.05) is 0 Å². The van der Waals surface area contributed by atoms with E-state index in [4.69, 9.17) is 9.47 Å². The molecule has 1 saturated carbocycles. The van der Waals surface area contributed by atoms with Gasteiger partial charge in [-0.3, -0.25) is 0 Å². The molecule has 74 valence electrons. The standard InChI is InChI=1S/C11H12O3/c1-2-8-9-6-4-3-5-7(6)10(9)14-11(12)13-8/h2-4,6-10H,1,5H2/t6-,7+,8-,9-,10-/m0/s1. The van der Waals surface area contributed by atoms with Crippen molar-refractivity contribution in [2.45, 2.75) is 18.6 Å². The summed E-state index contributed by atoms with van der Waals surface area (Å²) in [5.74, 6) is 1.32. The van der Waals surface area contributed by atoms with E-state index in [0.29, 0.717) is 17.8 Å². The zero-order valence-corrected chi connectivity index (χ0v) is 7.76. The summed E-state index contributed by atoms with van der Waals surface area (Å²) in [5, 5.41) is 0. The highest BCUT2D eigenvalue weighted by molar-refractivity contribution is 5.62. The van der Waals surface area contributed by atoms with Gasteiger partial charge in [0.1, 0.15) is 12.2 Å². The van der Waals surface area contributed by atoms with Crippen molar-refractivity contribution >= 4 is 6.16 Å².